The summed E-state index contributed by atoms with van der Waals surface area (Å²) in [4.78, 5) is 13.7. The van der Waals surface area contributed by atoms with Gasteiger partial charge in [0.1, 0.15) is 6.61 Å². The van der Waals surface area contributed by atoms with Gasteiger partial charge in [-0.15, -0.1) is 0 Å². The zero-order valence-electron chi connectivity index (χ0n) is 17.8. The highest BCUT2D eigenvalue weighted by Gasteiger charge is 2.48. The van der Waals surface area contributed by atoms with Gasteiger partial charge in [0, 0.05) is 24.4 Å². The second kappa shape index (κ2) is 8.50. The maximum atomic E-state index is 12.1. The van der Waals surface area contributed by atoms with E-state index in [0.29, 0.717) is 44.4 Å². The maximum absolute atomic E-state index is 12.1. The molecule has 2 aliphatic rings. The SMILES string of the molecule is CCC1(COc2cc(C3CN(C(=O)CO)CC3(C)C(C)O)ccc2OC)COC1. The Kier molecular flexibility index (Phi) is 6.41. The van der Waals surface area contributed by atoms with Crippen LogP contribution in [0.3, 0.4) is 0 Å². The fraction of sp³-hybridized carbons (Fsp3) is 0.682. The minimum Gasteiger partial charge on any atom is -0.493 e. The van der Waals surface area contributed by atoms with Gasteiger partial charge in [-0.1, -0.05) is 19.9 Å². The first-order valence-corrected chi connectivity index (χ1v) is 10.2. The number of amides is 1. The first-order chi connectivity index (χ1) is 13.8. The van der Waals surface area contributed by atoms with Crippen LogP contribution >= 0.6 is 0 Å². The predicted octanol–water partition coefficient (Wildman–Crippen LogP) is 1.81. The summed E-state index contributed by atoms with van der Waals surface area (Å²) in [6.45, 7) is 8.14. The fourth-order valence-corrected chi connectivity index (χ4v) is 4.25. The molecule has 0 saturated carbocycles. The molecule has 29 heavy (non-hydrogen) atoms. The predicted molar refractivity (Wildman–Crippen MR) is 108 cm³/mol. The monoisotopic (exact) mass is 407 g/mol. The number of carbonyl (C=O) groups excluding carboxylic acids is 1. The summed E-state index contributed by atoms with van der Waals surface area (Å²) in [7, 11) is 1.61. The molecule has 3 rings (SSSR count). The summed E-state index contributed by atoms with van der Waals surface area (Å²) in [5.41, 5.74) is 0.503. The van der Waals surface area contributed by atoms with Crippen molar-refractivity contribution < 1.29 is 29.2 Å². The molecule has 0 bridgehead atoms. The quantitative estimate of drug-likeness (QED) is 0.683. The Morgan fingerprint density at radius 2 is 2.10 bits per heavy atom. The van der Waals surface area contributed by atoms with Gasteiger partial charge < -0.3 is 29.3 Å². The molecule has 3 unspecified atom stereocenters. The van der Waals surface area contributed by atoms with Crippen molar-refractivity contribution in [3.8, 4) is 11.5 Å². The highest BCUT2D eigenvalue weighted by molar-refractivity contribution is 5.77. The number of aliphatic hydroxyl groups excluding tert-OH is 2. The van der Waals surface area contributed by atoms with Gasteiger partial charge >= 0.3 is 0 Å². The number of hydrogen-bond donors (Lipinski definition) is 2. The van der Waals surface area contributed by atoms with E-state index in [-0.39, 0.29) is 17.2 Å². The standard InChI is InChI=1S/C22H33NO6/c1-5-22(12-28-13-22)14-29-19-8-16(6-7-18(19)27-4)17-9-23(20(26)10-24)11-21(17,3)15(2)25/h6-8,15,17,24-25H,5,9-14H2,1-4H3. The van der Waals surface area contributed by atoms with Gasteiger partial charge in [0.2, 0.25) is 5.91 Å². The Labute approximate surface area is 172 Å². The van der Waals surface area contributed by atoms with Gasteiger partial charge in [0.15, 0.2) is 11.5 Å². The molecule has 7 heteroatoms. The first-order valence-electron chi connectivity index (χ1n) is 10.2. The normalized spacial score (nSPS) is 26.7. The molecule has 0 aliphatic carbocycles. The van der Waals surface area contributed by atoms with E-state index >= 15 is 0 Å². The molecule has 0 aromatic heterocycles. The van der Waals surface area contributed by atoms with Gasteiger partial charge in [-0.3, -0.25) is 4.79 Å². The lowest BCUT2D eigenvalue weighted by Gasteiger charge is -2.40. The Hall–Kier alpha value is -1.83. The maximum Gasteiger partial charge on any atom is 0.248 e. The number of benzene rings is 1. The molecule has 2 saturated heterocycles. The minimum absolute atomic E-state index is 0.0485. The molecule has 1 aromatic rings. The highest BCUT2D eigenvalue weighted by atomic mass is 16.5. The second-order valence-electron chi connectivity index (χ2n) is 8.71. The molecule has 2 aliphatic heterocycles. The van der Waals surface area contributed by atoms with Crippen molar-refractivity contribution in [3.05, 3.63) is 23.8 Å². The number of ether oxygens (including phenoxy) is 3. The zero-order valence-corrected chi connectivity index (χ0v) is 17.8. The number of aliphatic hydroxyl groups is 2. The lowest BCUT2D eigenvalue weighted by Crippen LogP contribution is -2.46. The van der Waals surface area contributed by atoms with Crippen LogP contribution < -0.4 is 9.47 Å². The molecular weight excluding hydrogens is 374 g/mol. The number of hydrogen-bond acceptors (Lipinski definition) is 6. The number of carbonyl (C=O) groups is 1. The van der Waals surface area contributed by atoms with E-state index < -0.39 is 18.1 Å². The molecular formula is C22H33NO6. The van der Waals surface area contributed by atoms with Gasteiger partial charge in [-0.25, -0.2) is 0 Å². The van der Waals surface area contributed by atoms with Crippen molar-refractivity contribution in [2.24, 2.45) is 10.8 Å². The van der Waals surface area contributed by atoms with Crippen molar-refractivity contribution in [2.45, 2.75) is 39.2 Å². The lowest BCUT2D eigenvalue weighted by atomic mass is 9.72. The molecule has 2 heterocycles. The molecule has 2 N–H and O–H groups in total. The number of likely N-dealkylation sites (tertiary alicyclic amines) is 1. The molecule has 1 amide bonds. The minimum atomic E-state index is -0.619. The fourth-order valence-electron chi connectivity index (χ4n) is 4.25. The van der Waals surface area contributed by atoms with Crippen LogP contribution in [0.2, 0.25) is 0 Å². The van der Waals surface area contributed by atoms with E-state index in [1.165, 1.54) is 0 Å². The number of nitrogens with zero attached hydrogens (tertiary/aromatic N) is 1. The smallest absolute Gasteiger partial charge is 0.248 e. The van der Waals surface area contributed by atoms with Gasteiger partial charge in [0.05, 0.1) is 38.4 Å². The van der Waals surface area contributed by atoms with Gasteiger partial charge in [0.25, 0.3) is 0 Å². The van der Waals surface area contributed by atoms with Crippen molar-refractivity contribution in [1.29, 1.82) is 0 Å². The van der Waals surface area contributed by atoms with Crippen molar-refractivity contribution in [3.63, 3.8) is 0 Å². The Balaban J connectivity index is 1.87. The van der Waals surface area contributed by atoms with Crippen LogP contribution in [-0.2, 0) is 9.53 Å². The molecule has 0 spiro atoms. The topological polar surface area (TPSA) is 88.5 Å². The van der Waals surface area contributed by atoms with E-state index in [9.17, 15) is 15.0 Å². The third kappa shape index (κ3) is 4.09. The van der Waals surface area contributed by atoms with Crippen LogP contribution in [0.1, 0.15) is 38.7 Å². The lowest BCUT2D eigenvalue weighted by molar-refractivity contribution is -0.133. The molecule has 0 radical (unpaired) electrons. The van der Waals surface area contributed by atoms with E-state index in [0.717, 1.165) is 12.0 Å². The van der Waals surface area contributed by atoms with Crippen LogP contribution in [-0.4, -0.2) is 73.8 Å². The number of rotatable bonds is 8. The second-order valence-corrected chi connectivity index (χ2v) is 8.71. The third-order valence-corrected chi connectivity index (χ3v) is 6.86. The average Bonchev–Trinajstić information content (AvgIpc) is 3.05. The molecule has 162 valence electrons. The van der Waals surface area contributed by atoms with E-state index in [1.807, 2.05) is 25.1 Å². The third-order valence-electron chi connectivity index (χ3n) is 6.86. The van der Waals surface area contributed by atoms with Crippen LogP contribution in [0.15, 0.2) is 18.2 Å². The summed E-state index contributed by atoms with van der Waals surface area (Å²) in [6, 6.07) is 5.80. The molecule has 1 aromatic carbocycles. The molecule has 2 fully saturated rings. The Bertz CT molecular complexity index is 727. The largest absolute Gasteiger partial charge is 0.493 e. The van der Waals surface area contributed by atoms with Crippen LogP contribution in [0.5, 0.6) is 11.5 Å². The summed E-state index contributed by atoms with van der Waals surface area (Å²) >= 11 is 0. The van der Waals surface area contributed by atoms with Crippen molar-refractivity contribution >= 4 is 5.91 Å². The van der Waals surface area contributed by atoms with Crippen LogP contribution in [0.4, 0.5) is 0 Å². The van der Waals surface area contributed by atoms with Gasteiger partial charge in [-0.2, -0.15) is 0 Å². The van der Waals surface area contributed by atoms with E-state index in [2.05, 4.69) is 6.92 Å². The van der Waals surface area contributed by atoms with Crippen LogP contribution in [0, 0.1) is 10.8 Å². The molecule has 7 nitrogen and oxygen atoms in total. The van der Waals surface area contributed by atoms with E-state index in [1.54, 1.807) is 18.9 Å². The molecule has 3 atom stereocenters. The van der Waals surface area contributed by atoms with Gasteiger partial charge in [-0.05, 0) is 31.0 Å². The number of methoxy groups -OCH3 is 1. The summed E-state index contributed by atoms with van der Waals surface area (Å²) in [5, 5.41) is 19.8. The van der Waals surface area contributed by atoms with E-state index in [4.69, 9.17) is 14.2 Å². The first kappa shape index (κ1) is 21.9. The van der Waals surface area contributed by atoms with Crippen LogP contribution in [0.25, 0.3) is 0 Å². The summed E-state index contributed by atoms with van der Waals surface area (Å²) < 4.78 is 17.0. The summed E-state index contributed by atoms with van der Waals surface area (Å²) in [6.07, 6.45) is 0.363. The Morgan fingerprint density at radius 3 is 2.62 bits per heavy atom. The highest BCUT2D eigenvalue weighted by Crippen LogP contribution is 2.47. The Morgan fingerprint density at radius 1 is 1.38 bits per heavy atom. The zero-order chi connectivity index (χ0) is 21.2. The van der Waals surface area contributed by atoms with Crippen molar-refractivity contribution in [2.75, 3.05) is 46.6 Å². The average molecular weight is 408 g/mol. The van der Waals surface area contributed by atoms with Crippen molar-refractivity contribution in [1.82, 2.24) is 4.90 Å². The summed E-state index contributed by atoms with van der Waals surface area (Å²) in [5.74, 6) is 0.905.